The second kappa shape index (κ2) is 8.61. The van der Waals surface area contributed by atoms with Crippen molar-refractivity contribution < 1.29 is 33.8 Å². The lowest BCUT2D eigenvalue weighted by Crippen LogP contribution is -2.44. The Kier molecular flexibility index (Phi) is 8.71. The van der Waals surface area contributed by atoms with Gasteiger partial charge in [-0.25, -0.2) is 0 Å². The first-order valence-corrected chi connectivity index (χ1v) is 9.87. The Bertz CT molecular complexity index is 343. The lowest BCUT2D eigenvalue weighted by atomic mass is 10.1. The predicted octanol–water partition coefficient (Wildman–Crippen LogP) is 1.29. The maximum absolute atomic E-state index is 11.0. The van der Waals surface area contributed by atoms with Gasteiger partial charge in [-0.3, -0.25) is 14.4 Å². The third-order valence-electron chi connectivity index (χ3n) is 2.95. The molecule has 0 amide bonds. The molecule has 0 aromatic heterocycles. The maximum atomic E-state index is 11.0. The van der Waals surface area contributed by atoms with Crippen LogP contribution < -0.4 is 5.32 Å². The summed E-state index contributed by atoms with van der Waals surface area (Å²) in [4.78, 5) is 35.5. The zero-order chi connectivity index (χ0) is 15.9. The Morgan fingerprint density at radius 1 is 0.850 bits per heavy atom. The van der Waals surface area contributed by atoms with Gasteiger partial charge in [0.25, 0.3) is 0 Å². The molecule has 0 bridgehead atoms. The van der Waals surface area contributed by atoms with Gasteiger partial charge in [-0.15, -0.1) is 0 Å². The van der Waals surface area contributed by atoms with E-state index in [0.29, 0.717) is 6.42 Å². The molecule has 6 N–H and O–H groups in total. The largest absolute Gasteiger partial charge is 0.384 e. The van der Waals surface area contributed by atoms with E-state index in [1.807, 2.05) is 5.32 Å². The molecule has 0 rings (SSSR count). The molecule has 0 aromatic rings. The Balaban J connectivity index is 4.14. The summed E-state index contributed by atoms with van der Waals surface area (Å²) in [5, 5.41) is 7.93. The average molecular weight is 333 g/mol. The lowest BCUT2D eigenvalue weighted by molar-refractivity contribution is 0.101. The second-order valence-corrected chi connectivity index (χ2v) is 8.59. The molecule has 20 heavy (non-hydrogen) atoms. The van der Waals surface area contributed by atoms with Gasteiger partial charge in [-0.2, -0.15) is 0 Å². The van der Waals surface area contributed by atoms with Crippen molar-refractivity contribution in [3.8, 4) is 0 Å². The normalized spacial score (nSPS) is 13.7. The SMILES string of the molecule is CCCCCCCCCNC(O)(P(=O)(O)O)P(=O)(O)O. The number of aliphatic hydroxyl groups is 1. The minimum atomic E-state index is -5.40. The van der Waals surface area contributed by atoms with E-state index in [1.54, 1.807) is 0 Å². The highest BCUT2D eigenvalue weighted by Gasteiger charge is 2.59. The van der Waals surface area contributed by atoms with Gasteiger partial charge in [0, 0.05) is 0 Å². The molecule has 0 fully saturated rings. The third kappa shape index (κ3) is 6.33. The van der Waals surface area contributed by atoms with Crippen molar-refractivity contribution in [2.75, 3.05) is 6.54 Å². The minimum Gasteiger partial charge on any atom is -0.356 e. The van der Waals surface area contributed by atoms with Gasteiger partial charge < -0.3 is 24.7 Å². The molecule has 8 nitrogen and oxygen atoms in total. The van der Waals surface area contributed by atoms with Crippen LogP contribution in [0.15, 0.2) is 0 Å². The van der Waals surface area contributed by atoms with Gasteiger partial charge in [-0.05, 0) is 13.0 Å². The van der Waals surface area contributed by atoms with Crippen LogP contribution in [-0.2, 0) is 9.13 Å². The summed E-state index contributed by atoms with van der Waals surface area (Å²) in [6.45, 7) is 2.02. The van der Waals surface area contributed by atoms with E-state index in [2.05, 4.69) is 6.92 Å². The first kappa shape index (κ1) is 20.2. The van der Waals surface area contributed by atoms with Crippen LogP contribution >= 0.6 is 15.2 Å². The standard InChI is InChI=1S/C10H25NO7P2/c1-2-3-4-5-6-7-8-9-11-10(12,19(13,14)15)20(16,17)18/h11-12H,2-9H2,1H3,(H2,13,14,15)(H2,16,17,18). The van der Waals surface area contributed by atoms with E-state index in [1.165, 1.54) is 0 Å². The molecule has 0 saturated carbocycles. The molecule has 0 saturated heterocycles. The lowest BCUT2D eigenvalue weighted by Gasteiger charge is -2.29. The average Bonchev–Trinajstić information content (AvgIpc) is 2.29. The number of rotatable bonds is 11. The van der Waals surface area contributed by atoms with Crippen LogP contribution in [0.1, 0.15) is 51.9 Å². The third-order valence-corrected chi connectivity index (χ3v) is 6.46. The summed E-state index contributed by atoms with van der Waals surface area (Å²) >= 11 is 0. The van der Waals surface area contributed by atoms with Crippen molar-refractivity contribution in [1.82, 2.24) is 5.32 Å². The van der Waals surface area contributed by atoms with Crippen molar-refractivity contribution >= 4 is 15.2 Å². The number of unbranched alkanes of at least 4 members (excludes halogenated alkanes) is 6. The van der Waals surface area contributed by atoms with Crippen LogP contribution in [0, 0.1) is 0 Å². The predicted molar refractivity (Wildman–Crippen MR) is 75.0 cm³/mol. The number of hydrogen-bond acceptors (Lipinski definition) is 4. The molecule has 10 heteroatoms. The van der Waals surface area contributed by atoms with Gasteiger partial charge in [0.15, 0.2) is 0 Å². The smallest absolute Gasteiger partial charge is 0.356 e. The van der Waals surface area contributed by atoms with E-state index in [9.17, 15) is 14.2 Å². The van der Waals surface area contributed by atoms with Crippen LogP contribution in [0.5, 0.6) is 0 Å². The minimum absolute atomic E-state index is 0.0828. The first-order valence-electron chi connectivity index (χ1n) is 6.65. The Labute approximate surface area is 118 Å². The van der Waals surface area contributed by atoms with Gasteiger partial charge >= 0.3 is 20.4 Å². The van der Waals surface area contributed by atoms with Crippen LogP contribution in [0.3, 0.4) is 0 Å². The fourth-order valence-corrected chi connectivity index (χ4v) is 3.71. The molecule has 0 radical (unpaired) electrons. The molecule has 0 spiro atoms. The van der Waals surface area contributed by atoms with Crippen molar-refractivity contribution in [1.29, 1.82) is 0 Å². The van der Waals surface area contributed by atoms with Crippen molar-refractivity contribution in [2.45, 2.75) is 57.1 Å². The van der Waals surface area contributed by atoms with Gasteiger partial charge in [0.2, 0.25) is 0 Å². The fourth-order valence-electron chi connectivity index (χ4n) is 1.71. The van der Waals surface area contributed by atoms with E-state index in [-0.39, 0.29) is 6.54 Å². The Morgan fingerprint density at radius 2 is 1.25 bits per heavy atom. The highest BCUT2D eigenvalue weighted by atomic mass is 31.2. The van der Waals surface area contributed by atoms with Crippen molar-refractivity contribution in [3.05, 3.63) is 0 Å². The molecule has 122 valence electrons. The van der Waals surface area contributed by atoms with E-state index in [4.69, 9.17) is 19.6 Å². The van der Waals surface area contributed by atoms with Gasteiger partial charge in [0.05, 0.1) is 0 Å². The van der Waals surface area contributed by atoms with E-state index < -0.39 is 20.4 Å². The van der Waals surface area contributed by atoms with Crippen LogP contribution in [0.4, 0.5) is 0 Å². The molecule has 0 unspecified atom stereocenters. The van der Waals surface area contributed by atoms with Gasteiger partial charge in [-0.1, -0.05) is 45.4 Å². The van der Waals surface area contributed by atoms with Crippen LogP contribution in [-0.4, -0.2) is 36.4 Å². The summed E-state index contributed by atoms with van der Waals surface area (Å²) in [5.41, 5.74) is 0. The molecule has 0 aromatic carbocycles. The molecule has 0 aliphatic carbocycles. The Hall–Kier alpha value is 0.220. The monoisotopic (exact) mass is 333 g/mol. The molecule has 0 atom stereocenters. The zero-order valence-electron chi connectivity index (χ0n) is 11.6. The van der Waals surface area contributed by atoms with Crippen molar-refractivity contribution in [2.24, 2.45) is 0 Å². The molecular formula is C10H25NO7P2. The van der Waals surface area contributed by atoms with Crippen molar-refractivity contribution in [3.63, 3.8) is 0 Å². The highest BCUT2D eigenvalue weighted by molar-refractivity contribution is 7.71. The molecule has 0 aliphatic heterocycles. The number of hydrogen-bond donors (Lipinski definition) is 6. The summed E-state index contributed by atoms with van der Waals surface area (Å²) in [6.07, 6.45) is 6.64. The van der Waals surface area contributed by atoms with E-state index >= 15 is 0 Å². The highest BCUT2D eigenvalue weighted by Crippen LogP contribution is 2.65. The summed E-state index contributed by atoms with van der Waals surface area (Å²) in [5.74, 6) is 0. The summed E-state index contributed by atoms with van der Waals surface area (Å²) in [6, 6.07) is 0. The molecular weight excluding hydrogens is 308 g/mol. The fraction of sp³-hybridized carbons (Fsp3) is 1.00. The summed E-state index contributed by atoms with van der Waals surface area (Å²) in [7, 11) is -10.8. The maximum Gasteiger partial charge on any atom is 0.384 e. The quantitative estimate of drug-likeness (QED) is 0.188. The second-order valence-electron chi connectivity index (χ2n) is 4.77. The molecule has 0 heterocycles. The molecule has 0 aliphatic rings. The topological polar surface area (TPSA) is 147 Å². The van der Waals surface area contributed by atoms with E-state index in [0.717, 1.165) is 38.5 Å². The number of nitrogens with one attached hydrogen (secondary N) is 1. The summed E-state index contributed by atoms with van der Waals surface area (Å²) < 4.78 is 22.1. The first-order chi connectivity index (χ1) is 9.06. The van der Waals surface area contributed by atoms with Crippen LogP contribution in [0.25, 0.3) is 0 Å². The van der Waals surface area contributed by atoms with Crippen LogP contribution in [0.2, 0.25) is 0 Å². The zero-order valence-corrected chi connectivity index (χ0v) is 13.4. The Morgan fingerprint density at radius 3 is 1.65 bits per heavy atom. The van der Waals surface area contributed by atoms with Gasteiger partial charge in [0.1, 0.15) is 0 Å².